The lowest BCUT2D eigenvalue weighted by molar-refractivity contribution is 0.102. The van der Waals surface area contributed by atoms with E-state index in [-0.39, 0.29) is 35.5 Å². The summed E-state index contributed by atoms with van der Waals surface area (Å²) in [7, 11) is -7.65. The van der Waals surface area contributed by atoms with E-state index in [4.69, 9.17) is 46.4 Å². The van der Waals surface area contributed by atoms with Crippen LogP contribution in [0.4, 0.5) is 22.7 Å². The zero-order valence-corrected chi connectivity index (χ0v) is 35.9. The third kappa shape index (κ3) is 10.5. The number of nitrogens with one attached hydrogen (secondary N) is 4. The molecule has 0 aliphatic rings. The Kier molecular flexibility index (Phi) is 13.5. The molecule has 0 fully saturated rings. The second kappa shape index (κ2) is 18.1. The van der Waals surface area contributed by atoms with Gasteiger partial charge in [0.15, 0.2) is 0 Å². The Hall–Kier alpha value is -3.94. The standard InChI is InChI=1S/C21H15ClN2O3S3.C15H9Cl3N2O3S3/c22-18-10-11-19(29-18)30(26,27)24-17-12-13-28-20(17)21(25)23-16-8-6-15(7-9-16)14-4-2-1-3-5-14;16-9-2-1-8(7-10(9)17)19-15(21)14-11(5-6-24-14)20-26(22,23)13-4-3-12(18)25-13/h1-13,24H,(H,23,25);1-7,20H,(H,19,21). The molecule has 3 aromatic carbocycles. The second-order valence-electron chi connectivity index (χ2n) is 11.1. The number of halogens is 4. The van der Waals surface area contributed by atoms with E-state index in [1.165, 1.54) is 36.4 Å². The maximum atomic E-state index is 12.7. The van der Waals surface area contributed by atoms with Crippen molar-refractivity contribution in [2.45, 2.75) is 8.42 Å². The molecule has 0 saturated heterocycles. The Balaban J connectivity index is 0.000000192. The van der Waals surface area contributed by atoms with Crippen LogP contribution in [0.3, 0.4) is 0 Å². The molecule has 7 rings (SSSR count). The van der Waals surface area contributed by atoms with Crippen LogP contribution in [0.25, 0.3) is 11.1 Å². The summed E-state index contributed by atoms with van der Waals surface area (Å²) in [6, 6.07) is 30.9. The molecule has 0 atom stereocenters. The molecule has 4 aromatic heterocycles. The minimum absolute atomic E-state index is 0.0598. The summed E-state index contributed by atoms with van der Waals surface area (Å²) in [5.41, 5.74) is 3.58. The summed E-state index contributed by atoms with van der Waals surface area (Å²) in [5, 5.41) is 9.40. The fraction of sp³-hybridized carbons (Fsp3) is 0. The first-order chi connectivity index (χ1) is 26.7. The normalized spacial score (nSPS) is 11.3. The molecule has 0 bridgehead atoms. The first-order valence-electron chi connectivity index (χ1n) is 15.6. The Morgan fingerprint density at radius 2 is 0.964 bits per heavy atom. The number of anilines is 4. The summed E-state index contributed by atoms with van der Waals surface area (Å²) in [6.45, 7) is 0. The molecule has 7 aromatic rings. The van der Waals surface area contributed by atoms with Crippen molar-refractivity contribution >= 4 is 146 Å². The predicted octanol–water partition coefficient (Wildman–Crippen LogP) is 12.0. The van der Waals surface area contributed by atoms with Crippen LogP contribution in [0.2, 0.25) is 18.7 Å². The van der Waals surface area contributed by atoms with Gasteiger partial charge in [0, 0.05) is 11.4 Å². The molecule has 0 saturated carbocycles. The highest BCUT2D eigenvalue weighted by Crippen LogP contribution is 2.33. The van der Waals surface area contributed by atoms with Gasteiger partial charge < -0.3 is 10.6 Å². The highest BCUT2D eigenvalue weighted by molar-refractivity contribution is 7.95. The molecule has 4 N–H and O–H groups in total. The molecule has 0 spiro atoms. The largest absolute Gasteiger partial charge is 0.321 e. The fourth-order valence-corrected chi connectivity index (χ4v) is 11.8. The molecule has 20 heteroatoms. The Morgan fingerprint density at radius 1 is 0.500 bits per heavy atom. The van der Waals surface area contributed by atoms with E-state index in [0.717, 1.165) is 56.5 Å². The summed E-state index contributed by atoms with van der Waals surface area (Å²) in [4.78, 5) is 25.7. The SMILES string of the molecule is O=C(Nc1ccc(-c2ccccc2)cc1)c1sccc1NS(=O)(=O)c1ccc(Cl)s1.O=C(Nc1ccc(Cl)c(Cl)c1)c1sccc1NS(=O)(=O)c1ccc(Cl)s1. The molecule has 10 nitrogen and oxygen atoms in total. The van der Waals surface area contributed by atoms with Gasteiger partial charge in [-0.05, 0) is 88.6 Å². The first kappa shape index (κ1) is 41.7. The van der Waals surface area contributed by atoms with Gasteiger partial charge >= 0.3 is 0 Å². The molecular formula is C36H24Cl4N4O6S6. The zero-order chi connectivity index (χ0) is 40.0. The van der Waals surface area contributed by atoms with Crippen LogP contribution >= 0.6 is 91.8 Å². The van der Waals surface area contributed by atoms with E-state index in [2.05, 4.69) is 20.1 Å². The average Bonchev–Trinajstić information content (AvgIpc) is 4.00. The minimum atomic E-state index is -3.83. The summed E-state index contributed by atoms with van der Waals surface area (Å²) in [5.74, 6) is -0.861. The van der Waals surface area contributed by atoms with Crippen molar-refractivity contribution in [3.63, 3.8) is 0 Å². The van der Waals surface area contributed by atoms with Crippen molar-refractivity contribution in [3.8, 4) is 11.1 Å². The van der Waals surface area contributed by atoms with Crippen LogP contribution in [0.1, 0.15) is 19.3 Å². The highest BCUT2D eigenvalue weighted by Gasteiger charge is 2.23. The number of thiophene rings is 4. The van der Waals surface area contributed by atoms with Gasteiger partial charge in [-0.25, -0.2) is 16.8 Å². The van der Waals surface area contributed by atoms with E-state index >= 15 is 0 Å². The number of carbonyl (C=O) groups is 2. The minimum Gasteiger partial charge on any atom is -0.321 e. The lowest BCUT2D eigenvalue weighted by atomic mass is 10.1. The highest BCUT2D eigenvalue weighted by atomic mass is 35.5. The quantitative estimate of drug-likeness (QED) is 0.101. The number of benzene rings is 3. The van der Waals surface area contributed by atoms with Crippen molar-refractivity contribution < 1.29 is 26.4 Å². The maximum Gasteiger partial charge on any atom is 0.271 e. The molecule has 288 valence electrons. The number of rotatable bonds is 11. The summed E-state index contributed by atoms with van der Waals surface area (Å²) in [6.07, 6.45) is 0. The Labute approximate surface area is 357 Å². The molecule has 0 radical (unpaired) electrons. The van der Waals surface area contributed by atoms with E-state index < -0.39 is 26.0 Å². The van der Waals surface area contributed by atoms with Gasteiger partial charge in [0.05, 0.1) is 30.1 Å². The summed E-state index contributed by atoms with van der Waals surface area (Å²) >= 11 is 27.5. The van der Waals surface area contributed by atoms with Gasteiger partial charge in [-0.15, -0.1) is 45.3 Å². The lowest BCUT2D eigenvalue weighted by Gasteiger charge is -2.09. The molecule has 0 aliphatic heterocycles. The molecule has 4 heterocycles. The van der Waals surface area contributed by atoms with Crippen LogP contribution in [0.5, 0.6) is 0 Å². The Bertz CT molecular complexity index is 2730. The Morgan fingerprint density at radius 3 is 1.43 bits per heavy atom. The van der Waals surface area contributed by atoms with Gasteiger partial charge in [-0.1, -0.05) is 88.9 Å². The van der Waals surface area contributed by atoms with Crippen molar-refractivity contribution in [2.75, 3.05) is 20.1 Å². The van der Waals surface area contributed by atoms with Crippen molar-refractivity contribution in [2.24, 2.45) is 0 Å². The van der Waals surface area contributed by atoms with Crippen LogP contribution in [0, 0.1) is 0 Å². The molecule has 0 unspecified atom stereocenters. The summed E-state index contributed by atoms with van der Waals surface area (Å²) < 4.78 is 55.6. The van der Waals surface area contributed by atoms with Crippen molar-refractivity contribution in [3.05, 3.63) is 148 Å². The second-order valence-corrected chi connectivity index (χ2v) is 21.0. The molecule has 2 amide bonds. The van der Waals surface area contributed by atoms with E-state index in [0.29, 0.717) is 30.1 Å². The van der Waals surface area contributed by atoms with Crippen LogP contribution in [0.15, 0.2) is 128 Å². The van der Waals surface area contributed by atoms with Gasteiger partial charge in [-0.3, -0.25) is 19.0 Å². The van der Waals surface area contributed by atoms with Crippen LogP contribution < -0.4 is 20.1 Å². The molecule has 0 aliphatic carbocycles. The average molecular weight is 943 g/mol. The van der Waals surface area contributed by atoms with Gasteiger partial charge in [0.25, 0.3) is 31.9 Å². The van der Waals surface area contributed by atoms with Crippen LogP contribution in [-0.2, 0) is 20.0 Å². The van der Waals surface area contributed by atoms with Gasteiger partial charge in [0.2, 0.25) is 0 Å². The monoisotopic (exact) mass is 940 g/mol. The van der Waals surface area contributed by atoms with Crippen molar-refractivity contribution in [1.82, 2.24) is 0 Å². The van der Waals surface area contributed by atoms with E-state index in [1.807, 2.05) is 54.6 Å². The maximum absolute atomic E-state index is 12.7. The number of amides is 2. The van der Waals surface area contributed by atoms with Crippen LogP contribution in [-0.4, -0.2) is 28.6 Å². The topological polar surface area (TPSA) is 151 Å². The smallest absolute Gasteiger partial charge is 0.271 e. The lowest BCUT2D eigenvalue weighted by Crippen LogP contribution is -2.16. The number of sulfonamides is 2. The number of carbonyl (C=O) groups excluding carboxylic acids is 2. The third-order valence-corrected chi connectivity index (χ3v) is 16.0. The van der Waals surface area contributed by atoms with Gasteiger partial charge in [-0.2, -0.15) is 0 Å². The third-order valence-electron chi connectivity index (χ3n) is 7.29. The molecular weight excluding hydrogens is 919 g/mol. The number of hydrogen-bond donors (Lipinski definition) is 4. The van der Waals surface area contributed by atoms with Gasteiger partial charge in [0.1, 0.15) is 18.2 Å². The molecule has 56 heavy (non-hydrogen) atoms. The predicted molar refractivity (Wildman–Crippen MR) is 233 cm³/mol. The number of hydrogen-bond acceptors (Lipinski definition) is 10. The fourth-order valence-electron chi connectivity index (χ4n) is 4.73. The van der Waals surface area contributed by atoms with Crippen molar-refractivity contribution in [1.29, 1.82) is 0 Å². The zero-order valence-electron chi connectivity index (χ0n) is 28.0. The van der Waals surface area contributed by atoms with E-state index in [9.17, 15) is 26.4 Å². The van der Waals surface area contributed by atoms with E-state index in [1.54, 1.807) is 29.0 Å². The first-order valence-corrected chi connectivity index (χ1v) is 23.5.